The molecule has 2 heterocycles. The average molecular weight is 380 g/mol. The van der Waals surface area contributed by atoms with E-state index in [1.165, 1.54) is 12.0 Å². The maximum absolute atomic E-state index is 13.1. The standard InChI is InChI=1S/C22H28N4O2/c1-16-15-18(24-25(16)2)20(27)23-13-14-26-19(17-9-5-3-6-10-17)22(21(26)28)11-7-4-8-12-22/h3,5-6,9-10,15,19H,4,7-8,11-14H2,1-2H3,(H,23,27). The van der Waals surface area contributed by atoms with Crippen molar-refractivity contribution in [3.8, 4) is 0 Å². The maximum Gasteiger partial charge on any atom is 0.271 e. The summed E-state index contributed by atoms with van der Waals surface area (Å²) < 4.78 is 1.69. The van der Waals surface area contributed by atoms with Crippen molar-refractivity contribution < 1.29 is 9.59 Å². The van der Waals surface area contributed by atoms with Crippen molar-refractivity contribution in [1.82, 2.24) is 20.0 Å². The van der Waals surface area contributed by atoms with Gasteiger partial charge in [-0.25, -0.2) is 0 Å². The van der Waals surface area contributed by atoms with Crippen LogP contribution in [-0.4, -0.2) is 39.6 Å². The highest BCUT2D eigenvalue weighted by atomic mass is 16.2. The topological polar surface area (TPSA) is 67.2 Å². The molecule has 2 aromatic rings. The van der Waals surface area contributed by atoms with E-state index in [0.29, 0.717) is 18.8 Å². The molecule has 1 aliphatic heterocycles. The average Bonchev–Trinajstić information content (AvgIpc) is 3.07. The summed E-state index contributed by atoms with van der Waals surface area (Å²) >= 11 is 0. The molecule has 1 N–H and O–H groups in total. The van der Waals surface area contributed by atoms with Crippen LogP contribution in [-0.2, 0) is 11.8 Å². The minimum absolute atomic E-state index is 0.121. The molecule has 0 radical (unpaired) electrons. The Hall–Kier alpha value is -2.63. The molecule has 1 saturated heterocycles. The lowest BCUT2D eigenvalue weighted by molar-refractivity contribution is -0.178. The van der Waals surface area contributed by atoms with Gasteiger partial charge in [-0.2, -0.15) is 5.10 Å². The van der Waals surface area contributed by atoms with E-state index in [4.69, 9.17) is 0 Å². The van der Waals surface area contributed by atoms with Crippen LogP contribution in [0.15, 0.2) is 36.4 Å². The summed E-state index contributed by atoms with van der Waals surface area (Å²) in [4.78, 5) is 27.4. The number of benzene rings is 1. The number of nitrogens with zero attached hydrogens (tertiary/aromatic N) is 3. The Morgan fingerprint density at radius 3 is 2.57 bits per heavy atom. The van der Waals surface area contributed by atoms with Crippen LogP contribution in [0.2, 0.25) is 0 Å². The number of carbonyl (C=O) groups excluding carboxylic acids is 2. The zero-order valence-electron chi connectivity index (χ0n) is 16.6. The third-order valence-electron chi connectivity index (χ3n) is 6.37. The Kier molecular flexibility index (Phi) is 4.96. The minimum atomic E-state index is -0.234. The van der Waals surface area contributed by atoms with Crippen LogP contribution in [0, 0.1) is 12.3 Å². The first-order valence-electron chi connectivity index (χ1n) is 10.2. The van der Waals surface area contributed by atoms with E-state index in [9.17, 15) is 9.59 Å². The van der Waals surface area contributed by atoms with Crippen LogP contribution < -0.4 is 5.32 Å². The fourth-order valence-corrected chi connectivity index (χ4v) is 4.84. The number of likely N-dealkylation sites (tertiary alicyclic amines) is 1. The summed E-state index contributed by atoms with van der Waals surface area (Å²) in [6, 6.07) is 12.2. The summed E-state index contributed by atoms with van der Waals surface area (Å²) in [7, 11) is 1.82. The summed E-state index contributed by atoms with van der Waals surface area (Å²) in [6.07, 6.45) is 5.41. The zero-order valence-corrected chi connectivity index (χ0v) is 16.6. The van der Waals surface area contributed by atoms with Crippen LogP contribution in [0.25, 0.3) is 0 Å². The highest BCUT2D eigenvalue weighted by Gasteiger charge is 2.60. The largest absolute Gasteiger partial charge is 0.349 e. The number of β-lactam (4-membered cyclic amide) rings is 1. The lowest BCUT2D eigenvalue weighted by atomic mass is 9.60. The molecule has 6 heteroatoms. The molecule has 148 valence electrons. The SMILES string of the molecule is Cc1cc(C(=O)NCCN2C(=O)C3(CCCCC3)C2c2ccccc2)nn1C. The first-order valence-corrected chi connectivity index (χ1v) is 10.2. The Morgan fingerprint density at radius 1 is 1.21 bits per heavy atom. The van der Waals surface area contributed by atoms with E-state index in [1.54, 1.807) is 10.7 Å². The van der Waals surface area contributed by atoms with Crippen molar-refractivity contribution in [3.05, 3.63) is 53.3 Å². The zero-order chi connectivity index (χ0) is 19.7. The number of hydrogen-bond acceptors (Lipinski definition) is 3. The Balaban J connectivity index is 1.44. The van der Waals surface area contributed by atoms with E-state index in [0.717, 1.165) is 31.4 Å². The number of hydrogen-bond donors (Lipinski definition) is 1. The van der Waals surface area contributed by atoms with Crippen molar-refractivity contribution in [3.63, 3.8) is 0 Å². The number of aromatic nitrogens is 2. The van der Waals surface area contributed by atoms with E-state index >= 15 is 0 Å². The molecule has 1 unspecified atom stereocenters. The van der Waals surface area contributed by atoms with Crippen LogP contribution in [0.3, 0.4) is 0 Å². The molecule has 1 aromatic carbocycles. The molecule has 6 nitrogen and oxygen atoms in total. The second-order valence-corrected chi connectivity index (χ2v) is 8.08. The van der Waals surface area contributed by atoms with Gasteiger partial charge in [0.05, 0.1) is 11.5 Å². The normalized spacial score (nSPS) is 20.9. The van der Waals surface area contributed by atoms with Crippen LogP contribution >= 0.6 is 0 Å². The number of rotatable bonds is 5. The van der Waals surface area contributed by atoms with E-state index in [2.05, 4.69) is 22.5 Å². The van der Waals surface area contributed by atoms with E-state index in [1.807, 2.05) is 37.1 Å². The van der Waals surface area contributed by atoms with Gasteiger partial charge in [0, 0.05) is 25.8 Å². The second kappa shape index (κ2) is 7.41. The minimum Gasteiger partial charge on any atom is -0.349 e. The molecule has 2 aliphatic rings. The molecule has 1 aliphatic carbocycles. The second-order valence-electron chi connectivity index (χ2n) is 8.08. The van der Waals surface area contributed by atoms with Gasteiger partial charge in [-0.05, 0) is 31.4 Å². The van der Waals surface area contributed by atoms with Crippen LogP contribution in [0.1, 0.15) is 59.9 Å². The highest BCUT2D eigenvalue weighted by molar-refractivity contribution is 5.93. The molecular weight excluding hydrogens is 352 g/mol. The van der Waals surface area contributed by atoms with E-state index in [-0.39, 0.29) is 23.3 Å². The van der Waals surface area contributed by atoms with Crippen molar-refractivity contribution >= 4 is 11.8 Å². The monoisotopic (exact) mass is 380 g/mol. The van der Waals surface area contributed by atoms with Crippen LogP contribution in [0.4, 0.5) is 0 Å². The fourth-order valence-electron chi connectivity index (χ4n) is 4.84. The number of aryl methyl sites for hydroxylation is 2. The molecular formula is C22H28N4O2. The van der Waals surface area contributed by atoms with Crippen molar-refractivity contribution in [1.29, 1.82) is 0 Å². The quantitative estimate of drug-likeness (QED) is 0.811. The molecule has 1 atom stereocenters. The summed E-state index contributed by atoms with van der Waals surface area (Å²) in [5, 5.41) is 7.13. The van der Waals surface area contributed by atoms with Gasteiger partial charge in [-0.15, -0.1) is 0 Å². The maximum atomic E-state index is 13.1. The molecule has 0 bridgehead atoms. The third-order valence-corrected chi connectivity index (χ3v) is 6.37. The van der Waals surface area contributed by atoms with Crippen molar-refractivity contribution in [2.45, 2.75) is 45.1 Å². The Morgan fingerprint density at radius 2 is 1.93 bits per heavy atom. The number of amides is 2. The van der Waals surface area contributed by atoms with Gasteiger partial charge < -0.3 is 10.2 Å². The lowest BCUT2D eigenvalue weighted by Gasteiger charge is -2.58. The molecule has 2 fully saturated rings. The van der Waals surface area contributed by atoms with Gasteiger partial charge in [-0.1, -0.05) is 49.6 Å². The molecule has 28 heavy (non-hydrogen) atoms. The third kappa shape index (κ3) is 3.11. The fraction of sp³-hybridized carbons (Fsp3) is 0.500. The molecule has 2 amide bonds. The molecule has 1 saturated carbocycles. The molecule has 1 spiro atoms. The number of carbonyl (C=O) groups is 2. The van der Waals surface area contributed by atoms with Crippen molar-refractivity contribution in [2.75, 3.05) is 13.1 Å². The summed E-state index contributed by atoms with van der Waals surface area (Å²) in [5.74, 6) is 0.0595. The van der Waals surface area contributed by atoms with E-state index < -0.39 is 0 Å². The predicted octanol–water partition coefficient (Wildman–Crippen LogP) is 2.99. The summed E-state index contributed by atoms with van der Waals surface area (Å²) in [5.41, 5.74) is 2.32. The first kappa shape index (κ1) is 18.7. The molecule has 1 aromatic heterocycles. The highest BCUT2D eigenvalue weighted by Crippen LogP contribution is 2.57. The van der Waals surface area contributed by atoms with Crippen molar-refractivity contribution in [2.24, 2.45) is 12.5 Å². The Bertz CT molecular complexity index is 848. The van der Waals surface area contributed by atoms with Gasteiger partial charge in [0.15, 0.2) is 0 Å². The smallest absolute Gasteiger partial charge is 0.271 e. The lowest BCUT2D eigenvalue weighted by Crippen LogP contribution is -2.64. The van der Waals surface area contributed by atoms with Gasteiger partial charge in [0.1, 0.15) is 5.69 Å². The van der Waals surface area contributed by atoms with Crippen LogP contribution in [0.5, 0.6) is 0 Å². The van der Waals surface area contributed by atoms with Gasteiger partial charge in [0.25, 0.3) is 5.91 Å². The van der Waals surface area contributed by atoms with Gasteiger partial charge in [-0.3, -0.25) is 14.3 Å². The predicted molar refractivity (Wildman–Crippen MR) is 107 cm³/mol. The van der Waals surface area contributed by atoms with Gasteiger partial charge >= 0.3 is 0 Å². The summed E-state index contributed by atoms with van der Waals surface area (Å²) in [6.45, 7) is 2.87. The first-order chi connectivity index (χ1) is 13.5. The number of nitrogens with one attached hydrogen (secondary N) is 1. The molecule has 4 rings (SSSR count). The van der Waals surface area contributed by atoms with Gasteiger partial charge in [0.2, 0.25) is 5.91 Å². The Labute approximate surface area is 165 Å².